The molecule has 1 aliphatic heterocycles. The van der Waals surface area contributed by atoms with Crippen LogP contribution in [0.1, 0.15) is 64.2 Å². The highest BCUT2D eigenvalue weighted by molar-refractivity contribution is 7.87. The van der Waals surface area contributed by atoms with Crippen molar-refractivity contribution in [1.82, 2.24) is 9.03 Å². The average Bonchev–Trinajstić information content (AvgIpc) is 2.72. The van der Waals surface area contributed by atoms with Crippen LogP contribution in [0.25, 0.3) is 0 Å². The van der Waals surface area contributed by atoms with Gasteiger partial charge in [0, 0.05) is 24.5 Å². The summed E-state index contributed by atoms with van der Waals surface area (Å²) in [7, 11) is -3.33. The molecule has 5 fully saturated rings. The van der Waals surface area contributed by atoms with Gasteiger partial charge in [0.1, 0.15) is 0 Å². The summed E-state index contributed by atoms with van der Waals surface area (Å²) in [6, 6.07) is 0. The van der Waals surface area contributed by atoms with Gasteiger partial charge >= 0.3 is 0 Å². The predicted octanol–water partition coefficient (Wildman–Crippen LogP) is 3.27. The summed E-state index contributed by atoms with van der Waals surface area (Å²) in [5.41, 5.74) is 0.116. The van der Waals surface area contributed by atoms with Crippen molar-refractivity contribution in [3.63, 3.8) is 0 Å². The van der Waals surface area contributed by atoms with E-state index in [1.54, 1.807) is 4.31 Å². The fourth-order valence-electron chi connectivity index (χ4n) is 6.16. The van der Waals surface area contributed by atoms with Crippen molar-refractivity contribution in [1.29, 1.82) is 0 Å². The zero-order chi connectivity index (χ0) is 16.1. The van der Waals surface area contributed by atoms with Gasteiger partial charge in [-0.25, -0.2) is 4.72 Å². The Labute approximate surface area is 145 Å². The Morgan fingerprint density at radius 3 is 2.17 bits per heavy atom. The van der Waals surface area contributed by atoms with Gasteiger partial charge in [0.05, 0.1) is 0 Å². The SMILES string of the molecule is O=S(=O)(NCC12CC3CC(CC(Cl)(C3)C1)C2)N1CCCCCC1. The molecule has 5 aliphatic rings. The van der Waals surface area contributed by atoms with Crippen LogP contribution < -0.4 is 4.72 Å². The molecule has 0 aromatic rings. The number of rotatable bonds is 4. The molecule has 4 nitrogen and oxygen atoms in total. The Balaban J connectivity index is 1.44. The second-order valence-corrected chi connectivity index (χ2v) is 11.3. The van der Waals surface area contributed by atoms with E-state index in [1.807, 2.05) is 0 Å². The Morgan fingerprint density at radius 2 is 1.61 bits per heavy atom. The topological polar surface area (TPSA) is 49.4 Å². The zero-order valence-electron chi connectivity index (χ0n) is 13.9. The van der Waals surface area contributed by atoms with Crippen LogP contribution in [0.15, 0.2) is 0 Å². The van der Waals surface area contributed by atoms with E-state index in [1.165, 1.54) is 19.3 Å². The molecule has 132 valence electrons. The molecule has 2 atom stereocenters. The molecule has 1 heterocycles. The molecule has 0 aromatic carbocycles. The Kier molecular flexibility index (Phi) is 4.23. The van der Waals surface area contributed by atoms with Gasteiger partial charge in [0.2, 0.25) is 0 Å². The Morgan fingerprint density at radius 1 is 1.00 bits per heavy atom. The number of hydrogen-bond donors (Lipinski definition) is 1. The summed E-state index contributed by atoms with van der Waals surface area (Å²) in [6.07, 6.45) is 11.2. The van der Waals surface area contributed by atoms with Gasteiger partial charge in [-0.15, -0.1) is 11.6 Å². The van der Waals surface area contributed by atoms with Crippen LogP contribution >= 0.6 is 11.6 Å². The van der Waals surface area contributed by atoms with Crippen molar-refractivity contribution in [2.24, 2.45) is 17.3 Å². The maximum Gasteiger partial charge on any atom is 0.279 e. The van der Waals surface area contributed by atoms with Crippen LogP contribution in [-0.4, -0.2) is 37.2 Å². The van der Waals surface area contributed by atoms with Gasteiger partial charge in [-0.05, 0) is 68.6 Å². The van der Waals surface area contributed by atoms with E-state index in [9.17, 15) is 8.42 Å². The first-order valence-corrected chi connectivity index (χ1v) is 11.1. The number of nitrogens with zero attached hydrogens (tertiary/aromatic N) is 1. The van der Waals surface area contributed by atoms with Gasteiger partial charge < -0.3 is 0 Å². The maximum absolute atomic E-state index is 12.7. The average molecular weight is 361 g/mol. The second kappa shape index (κ2) is 5.86. The summed E-state index contributed by atoms with van der Waals surface area (Å²) >= 11 is 6.85. The molecule has 4 aliphatic carbocycles. The Hall–Kier alpha value is 0.160. The second-order valence-electron chi connectivity index (χ2n) is 8.75. The number of halogens is 1. The summed E-state index contributed by atoms with van der Waals surface area (Å²) in [6.45, 7) is 1.94. The van der Waals surface area contributed by atoms with Gasteiger partial charge in [-0.1, -0.05) is 12.8 Å². The van der Waals surface area contributed by atoms with Gasteiger partial charge in [-0.2, -0.15) is 12.7 Å². The summed E-state index contributed by atoms with van der Waals surface area (Å²) < 4.78 is 30.0. The molecule has 1 saturated heterocycles. The molecular formula is C17H29ClN2O2S. The highest BCUT2D eigenvalue weighted by atomic mass is 35.5. The highest BCUT2D eigenvalue weighted by Crippen LogP contribution is 2.63. The summed E-state index contributed by atoms with van der Waals surface area (Å²) in [5, 5.41) is 0. The molecule has 6 heteroatoms. The molecular weight excluding hydrogens is 332 g/mol. The van der Waals surface area contributed by atoms with E-state index in [0.29, 0.717) is 19.6 Å². The third-order valence-electron chi connectivity index (χ3n) is 6.65. The van der Waals surface area contributed by atoms with Crippen LogP contribution in [0.2, 0.25) is 0 Å². The van der Waals surface area contributed by atoms with Crippen molar-refractivity contribution < 1.29 is 8.42 Å². The predicted molar refractivity (Wildman–Crippen MR) is 92.7 cm³/mol. The minimum Gasteiger partial charge on any atom is -0.202 e. The molecule has 0 radical (unpaired) electrons. The number of nitrogens with one attached hydrogen (secondary N) is 1. The van der Waals surface area contributed by atoms with Crippen LogP contribution in [0, 0.1) is 17.3 Å². The first kappa shape index (κ1) is 16.6. The van der Waals surface area contributed by atoms with Crippen LogP contribution in [0.4, 0.5) is 0 Å². The molecule has 4 bridgehead atoms. The van der Waals surface area contributed by atoms with Gasteiger partial charge in [0.15, 0.2) is 0 Å². The lowest BCUT2D eigenvalue weighted by Gasteiger charge is -2.60. The number of hydrogen-bond acceptors (Lipinski definition) is 2. The van der Waals surface area contributed by atoms with E-state index in [0.717, 1.165) is 56.8 Å². The van der Waals surface area contributed by atoms with Crippen molar-refractivity contribution in [3.8, 4) is 0 Å². The summed E-state index contributed by atoms with van der Waals surface area (Å²) in [4.78, 5) is -0.0435. The van der Waals surface area contributed by atoms with Crippen LogP contribution in [0.3, 0.4) is 0 Å². The molecule has 0 aromatic heterocycles. The van der Waals surface area contributed by atoms with Crippen molar-refractivity contribution in [2.75, 3.05) is 19.6 Å². The van der Waals surface area contributed by atoms with Crippen LogP contribution in [0.5, 0.6) is 0 Å². The van der Waals surface area contributed by atoms with Crippen molar-refractivity contribution in [3.05, 3.63) is 0 Å². The number of alkyl halides is 1. The van der Waals surface area contributed by atoms with E-state index < -0.39 is 10.2 Å². The summed E-state index contributed by atoms with van der Waals surface area (Å²) in [5.74, 6) is 1.44. The molecule has 0 amide bonds. The normalized spacial score (nSPS) is 44.4. The molecule has 4 saturated carbocycles. The van der Waals surface area contributed by atoms with E-state index in [-0.39, 0.29) is 10.3 Å². The Bertz CT molecular complexity index is 543. The quantitative estimate of drug-likeness (QED) is 0.782. The molecule has 1 N–H and O–H groups in total. The molecule has 5 rings (SSSR count). The van der Waals surface area contributed by atoms with E-state index in [2.05, 4.69) is 4.72 Å². The highest BCUT2D eigenvalue weighted by Gasteiger charge is 2.57. The van der Waals surface area contributed by atoms with Gasteiger partial charge in [-0.3, -0.25) is 0 Å². The van der Waals surface area contributed by atoms with E-state index >= 15 is 0 Å². The molecule has 23 heavy (non-hydrogen) atoms. The fourth-order valence-corrected chi connectivity index (χ4v) is 8.29. The minimum atomic E-state index is -3.33. The lowest BCUT2D eigenvalue weighted by molar-refractivity contribution is -0.0362. The lowest BCUT2D eigenvalue weighted by atomic mass is 9.49. The van der Waals surface area contributed by atoms with Gasteiger partial charge in [0.25, 0.3) is 10.2 Å². The maximum atomic E-state index is 12.7. The third kappa shape index (κ3) is 3.31. The first-order valence-electron chi connectivity index (χ1n) is 9.32. The standard InChI is InChI=1S/C17H29ClN2O2S/c18-17-10-14-7-15(11-17)9-16(8-14,12-17)13-19-23(21,22)20-5-3-1-2-4-6-20/h14-15,19H,1-13H2. The first-order chi connectivity index (χ1) is 10.9. The smallest absolute Gasteiger partial charge is 0.202 e. The molecule has 0 spiro atoms. The minimum absolute atomic E-state index is 0.0435. The zero-order valence-corrected chi connectivity index (χ0v) is 15.5. The fraction of sp³-hybridized carbons (Fsp3) is 1.00. The largest absolute Gasteiger partial charge is 0.279 e. The third-order valence-corrected chi connectivity index (χ3v) is 8.64. The lowest BCUT2D eigenvalue weighted by Crippen LogP contribution is -2.57. The van der Waals surface area contributed by atoms with E-state index in [4.69, 9.17) is 11.6 Å². The van der Waals surface area contributed by atoms with Crippen LogP contribution in [-0.2, 0) is 10.2 Å². The van der Waals surface area contributed by atoms with Crippen molar-refractivity contribution in [2.45, 2.75) is 69.1 Å². The molecule has 2 unspecified atom stereocenters. The monoisotopic (exact) mass is 360 g/mol. The van der Waals surface area contributed by atoms with Crippen molar-refractivity contribution >= 4 is 21.8 Å².